The average molecular weight is 457 g/mol. The van der Waals surface area contributed by atoms with Crippen LogP contribution in [0, 0.1) is 11.6 Å². The van der Waals surface area contributed by atoms with Gasteiger partial charge in [0.1, 0.15) is 22.8 Å². The third-order valence-electron chi connectivity index (χ3n) is 4.52. The SMILES string of the molecule is C=CC(=O)NCCNc1nc(OC)nc2c(F)c(-c3ccc(F)c4sc(N)nc34)ncc12. The van der Waals surface area contributed by atoms with Crippen LogP contribution in [-0.2, 0) is 4.79 Å². The lowest BCUT2D eigenvalue weighted by Gasteiger charge is -2.12. The molecule has 9 nitrogen and oxygen atoms in total. The summed E-state index contributed by atoms with van der Waals surface area (Å²) < 4.78 is 35.0. The number of nitrogens with zero attached hydrogens (tertiary/aromatic N) is 4. The van der Waals surface area contributed by atoms with E-state index in [4.69, 9.17) is 10.5 Å². The Kier molecular flexibility index (Phi) is 5.77. The third kappa shape index (κ3) is 3.87. The lowest BCUT2D eigenvalue weighted by Crippen LogP contribution is -2.27. The van der Waals surface area contributed by atoms with Crippen LogP contribution in [0.5, 0.6) is 6.01 Å². The van der Waals surface area contributed by atoms with Gasteiger partial charge >= 0.3 is 6.01 Å². The summed E-state index contributed by atoms with van der Waals surface area (Å²) in [6.07, 6.45) is 2.56. The number of hydrogen-bond donors (Lipinski definition) is 3. The molecule has 0 aliphatic carbocycles. The highest BCUT2D eigenvalue weighted by Crippen LogP contribution is 2.36. The number of ether oxygens (including phenoxy) is 1. The van der Waals surface area contributed by atoms with Crippen molar-refractivity contribution in [2.75, 3.05) is 31.2 Å². The predicted molar refractivity (Wildman–Crippen MR) is 119 cm³/mol. The summed E-state index contributed by atoms with van der Waals surface area (Å²) in [4.78, 5) is 28.0. The van der Waals surface area contributed by atoms with Gasteiger partial charge in [0.25, 0.3) is 0 Å². The van der Waals surface area contributed by atoms with Gasteiger partial charge in [-0.05, 0) is 18.2 Å². The van der Waals surface area contributed by atoms with Crippen LogP contribution >= 0.6 is 11.3 Å². The van der Waals surface area contributed by atoms with E-state index in [2.05, 4.69) is 37.1 Å². The van der Waals surface area contributed by atoms with Gasteiger partial charge in [-0.15, -0.1) is 0 Å². The van der Waals surface area contributed by atoms with Gasteiger partial charge < -0.3 is 21.1 Å². The molecule has 4 aromatic rings. The molecule has 1 amide bonds. The second-order valence-electron chi connectivity index (χ2n) is 6.49. The topological polar surface area (TPSA) is 128 Å². The number of methoxy groups -OCH3 is 1. The van der Waals surface area contributed by atoms with E-state index < -0.39 is 11.6 Å². The van der Waals surface area contributed by atoms with E-state index in [1.807, 2.05) is 0 Å². The molecule has 0 fully saturated rings. The van der Waals surface area contributed by atoms with Gasteiger partial charge in [0.2, 0.25) is 5.91 Å². The van der Waals surface area contributed by atoms with Crippen molar-refractivity contribution in [1.82, 2.24) is 25.3 Å². The summed E-state index contributed by atoms with van der Waals surface area (Å²) in [6, 6.07) is 2.55. The van der Waals surface area contributed by atoms with Crippen LogP contribution in [0.15, 0.2) is 31.0 Å². The van der Waals surface area contributed by atoms with Crippen molar-refractivity contribution in [3.05, 3.63) is 42.6 Å². The molecule has 32 heavy (non-hydrogen) atoms. The Hall–Kier alpha value is -3.93. The molecule has 0 spiro atoms. The number of nitrogens with two attached hydrogens (primary N) is 1. The van der Waals surface area contributed by atoms with Gasteiger partial charge in [-0.1, -0.05) is 17.9 Å². The fourth-order valence-corrected chi connectivity index (χ4v) is 3.84. The molecule has 0 unspecified atom stereocenters. The van der Waals surface area contributed by atoms with Gasteiger partial charge in [0.15, 0.2) is 10.9 Å². The number of carbonyl (C=O) groups is 1. The number of aromatic nitrogens is 4. The molecule has 0 saturated heterocycles. The normalized spacial score (nSPS) is 11.0. The van der Waals surface area contributed by atoms with Crippen LogP contribution in [0.3, 0.4) is 0 Å². The van der Waals surface area contributed by atoms with Crippen molar-refractivity contribution < 1.29 is 18.3 Å². The molecule has 1 aromatic carbocycles. The Morgan fingerprint density at radius 3 is 2.81 bits per heavy atom. The Balaban J connectivity index is 1.78. The first-order valence-electron chi connectivity index (χ1n) is 9.32. The number of pyridine rings is 1. The summed E-state index contributed by atoms with van der Waals surface area (Å²) in [5.41, 5.74) is 6.13. The number of anilines is 2. The molecular weight excluding hydrogens is 440 g/mol. The third-order valence-corrected chi connectivity index (χ3v) is 5.41. The van der Waals surface area contributed by atoms with Crippen molar-refractivity contribution in [3.63, 3.8) is 0 Å². The fraction of sp³-hybridized carbons (Fsp3) is 0.150. The zero-order valence-corrected chi connectivity index (χ0v) is 17.6. The van der Waals surface area contributed by atoms with Crippen LogP contribution in [0.25, 0.3) is 32.4 Å². The van der Waals surface area contributed by atoms with Crippen molar-refractivity contribution in [2.45, 2.75) is 0 Å². The quantitative estimate of drug-likeness (QED) is 0.286. The number of benzene rings is 1. The molecule has 0 bridgehead atoms. The van der Waals surface area contributed by atoms with Crippen LogP contribution in [0.1, 0.15) is 0 Å². The standard InChI is InChI=1S/C20H17F2N7O2S/c1-3-12(30)24-6-7-25-18-10-8-26-14(13(22)15(10)28-20(29-18)31-2)9-4-5-11(21)17-16(9)27-19(23)32-17/h3-5,8H,1,6-7H2,2H3,(H2,23,27)(H,24,30)(H,25,28,29). The van der Waals surface area contributed by atoms with Gasteiger partial charge in [0, 0.05) is 24.8 Å². The Morgan fingerprint density at radius 2 is 2.06 bits per heavy atom. The van der Waals surface area contributed by atoms with E-state index >= 15 is 4.39 Å². The summed E-state index contributed by atoms with van der Waals surface area (Å²) >= 11 is 0.970. The van der Waals surface area contributed by atoms with Gasteiger partial charge in [-0.3, -0.25) is 9.78 Å². The Bertz CT molecular complexity index is 1360. The molecule has 0 saturated carbocycles. The van der Waals surface area contributed by atoms with E-state index in [0.29, 0.717) is 11.9 Å². The summed E-state index contributed by atoms with van der Waals surface area (Å²) in [5, 5.41) is 6.08. The van der Waals surface area contributed by atoms with Gasteiger partial charge in [0.05, 0.1) is 22.7 Å². The molecule has 4 rings (SSSR count). The van der Waals surface area contributed by atoms with Crippen LogP contribution in [0.4, 0.5) is 19.7 Å². The second kappa shape index (κ2) is 8.67. The minimum Gasteiger partial charge on any atom is -0.467 e. The summed E-state index contributed by atoms with van der Waals surface area (Å²) in [7, 11) is 1.36. The van der Waals surface area contributed by atoms with Crippen molar-refractivity contribution in [1.29, 1.82) is 0 Å². The number of rotatable bonds is 7. The molecular formula is C20H17F2N7O2S. The smallest absolute Gasteiger partial charge is 0.318 e. The zero-order chi connectivity index (χ0) is 22.8. The molecule has 0 aliphatic rings. The fourth-order valence-electron chi connectivity index (χ4n) is 3.07. The van der Waals surface area contributed by atoms with E-state index in [1.54, 1.807) is 0 Å². The molecule has 4 N–H and O–H groups in total. The van der Waals surface area contributed by atoms with Crippen molar-refractivity contribution in [2.24, 2.45) is 0 Å². The number of nitrogen functional groups attached to an aromatic ring is 1. The highest BCUT2D eigenvalue weighted by Gasteiger charge is 2.21. The highest BCUT2D eigenvalue weighted by molar-refractivity contribution is 7.22. The molecule has 3 aromatic heterocycles. The first-order chi connectivity index (χ1) is 15.4. The largest absolute Gasteiger partial charge is 0.467 e. The maximum absolute atomic E-state index is 15.6. The second-order valence-corrected chi connectivity index (χ2v) is 7.52. The highest BCUT2D eigenvalue weighted by atomic mass is 32.1. The maximum atomic E-state index is 15.6. The number of carbonyl (C=O) groups excluding carboxylic acids is 1. The number of nitrogens with one attached hydrogen (secondary N) is 2. The van der Waals surface area contributed by atoms with Crippen LogP contribution < -0.4 is 21.1 Å². The van der Waals surface area contributed by atoms with E-state index in [1.165, 1.54) is 25.4 Å². The first kappa shape index (κ1) is 21.3. The molecule has 3 heterocycles. The number of hydrogen-bond acceptors (Lipinski definition) is 9. The number of fused-ring (bicyclic) bond motifs is 2. The number of amides is 1. The van der Waals surface area contributed by atoms with E-state index in [9.17, 15) is 9.18 Å². The monoisotopic (exact) mass is 457 g/mol. The summed E-state index contributed by atoms with van der Waals surface area (Å²) in [5.74, 6) is -1.29. The molecule has 12 heteroatoms. The van der Waals surface area contributed by atoms with E-state index in [0.717, 1.165) is 17.4 Å². The minimum absolute atomic E-state index is 0.0415. The predicted octanol–water partition coefficient (Wildman–Crippen LogP) is 2.88. The molecule has 0 aliphatic heterocycles. The van der Waals surface area contributed by atoms with Gasteiger partial charge in [-0.25, -0.2) is 13.8 Å². The molecule has 164 valence electrons. The Labute approximate surface area is 184 Å². The summed E-state index contributed by atoms with van der Waals surface area (Å²) in [6.45, 7) is 3.96. The minimum atomic E-state index is -0.745. The number of halogens is 2. The maximum Gasteiger partial charge on any atom is 0.318 e. The van der Waals surface area contributed by atoms with Crippen molar-refractivity contribution in [3.8, 4) is 17.3 Å². The number of thiazole rings is 1. The first-order valence-corrected chi connectivity index (χ1v) is 10.1. The zero-order valence-electron chi connectivity index (χ0n) is 16.8. The average Bonchev–Trinajstić information content (AvgIpc) is 3.19. The van der Waals surface area contributed by atoms with Crippen LogP contribution in [-0.4, -0.2) is 46.0 Å². The van der Waals surface area contributed by atoms with Gasteiger partial charge in [-0.2, -0.15) is 9.97 Å². The lowest BCUT2D eigenvalue weighted by atomic mass is 10.1. The van der Waals surface area contributed by atoms with Crippen molar-refractivity contribution >= 4 is 49.3 Å². The lowest BCUT2D eigenvalue weighted by molar-refractivity contribution is -0.116. The molecule has 0 atom stereocenters. The van der Waals surface area contributed by atoms with Crippen LogP contribution in [0.2, 0.25) is 0 Å². The Morgan fingerprint density at radius 1 is 1.25 bits per heavy atom. The van der Waals surface area contributed by atoms with E-state index in [-0.39, 0.29) is 56.4 Å². The molecule has 0 radical (unpaired) electrons.